The molecule has 2 atom stereocenters. The van der Waals surface area contributed by atoms with Gasteiger partial charge in [-0.15, -0.1) is 0 Å². The lowest BCUT2D eigenvalue weighted by Crippen LogP contribution is -2.38. The lowest BCUT2D eigenvalue weighted by Gasteiger charge is -2.30. The third kappa shape index (κ3) is 2.43. The van der Waals surface area contributed by atoms with Gasteiger partial charge in [0.25, 0.3) is 10.0 Å². The number of hydrogen-bond acceptors (Lipinski definition) is 6. The van der Waals surface area contributed by atoms with Crippen LogP contribution in [0, 0.1) is 16.0 Å². The maximum atomic E-state index is 12.7. The molecule has 2 fully saturated rings. The van der Waals surface area contributed by atoms with Crippen LogP contribution in [0.3, 0.4) is 0 Å². The highest BCUT2D eigenvalue weighted by Crippen LogP contribution is 2.42. The van der Waals surface area contributed by atoms with Crippen molar-refractivity contribution in [3.63, 3.8) is 0 Å². The van der Waals surface area contributed by atoms with E-state index in [1.807, 2.05) is 0 Å². The molecule has 2 unspecified atom stereocenters. The quantitative estimate of drug-likeness (QED) is 0.675. The van der Waals surface area contributed by atoms with Crippen LogP contribution in [0.2, 0.25) is 0 Å². The van der Waals surface area contributed by atoms with Crippen molar-refractivity contribution in [2.75, 3.05) is 12.3 Å². The number of nitrogens with zero attached hydrogens (tertiary/aromatic N) is 2. The first-order valence-corrected chi connectivity index (χ1v) is 9.22. The molecule has 1 aromatic rings. The van der Waals surface area contributed by atoms with Crippen LogP contribution in [0.5, 0.6) is 0 Å². The fraction of sp³-hybridized carbons (Fsp3) is 0.667. The van der Waals surface area contributed by atoms with Crippen molar-refractivity contribution in [3.05, 3.63) is 16.2 Å². The molecular weight excluding hydrogens is 314 g/mol. The van der Waals surface area contributed by atoms with E-state index in [0.29, 0.717) is 12.5 Å². The zero-order valence-electron chi connectivity index (χ0n) is 11.4. The zero-order valence-corrected chi connectivity index (χ0v) is 13.0. The van der Waals surface area contributed by atoms with Gasteiger partial charge < -0.3 is 5.73 Å². The molecule has 2 aliphatic rings. The lowest BCUT2D eigenvalue weighted by molar-refractivity contribution is -0.383. The highest BCUT2D eigenvalue weighted by molar-refractivity contribution is 7.91. The van der Waals surface area contributed by atoms with Gasteiger partial charge in [0.1, 0.15) is 4.21 Å². The smallest absolute Gasteiger partial charge is 0.304 e. The van der Waals surface area contributed by atoms with Gasteiger partial charge in [-0.3, -0.25) is 10.1 Å². The number of hydrogen-bond donors (Lipinski definition) is 1. The molecule has 1 aromatic heterocycles. The number of sulfonamides is 1. The summed E-state index contributed by atoms with van der Waals surface area (Å²) in [6.07, 6.45) is 5.04. The summed E-state index contributed by atoms with van der Waals surface area (Å²) in [6, 6.07) is 1.14. The van der Waals surface area contributed by atoms with E-state index >= 15 is 0 Å². The van der Waals surface area contributed by atoms with Crippen molar-refractivity contribution >= 4 is 32.0 Å². The van der Waals surface area contributed by atoms with Crippen LogP contribution in [0.4, 0.5) is 10.7 Å². The van der Waals surface area contributed by atoms with Crippen LogP contribution in [-0.2, 0) is 10.0 Å². The fourth-order valence-electron chi connectivity index (χ4n) is 3.42. The highest BCUT2D eigenvalue weighted by atomic mass is 32.2. The highest BCUT2D eigenvalue weighted by Gasteiger charge is 2.43. The molecule has 0 radical (unpaired) electrons. The molecule has 1 aliphatic heterocycles. The SMILES string of the molecule is Nc1sc(S(=O)(=O)N2CCC3CCCCC32)cc1[N+](=O)[O-]. The minimum atomic E-state index is -3.68. The average molecular weight is 331 g/mol. The molecule has 1 aliphatic carbocycles. The van der Waals surface area contributed by atoms with Crippen LogP contribution in [0.15, 0.2) is 10.3 Å². The van der Waals surface area contributed by atoms with E-state index in [9.17, 15) is 18.5 Å². The van der Waals surface area contributed by atoms with Gasteiger partial charge in [-0.25, -0.2) is 8.42 Å². The number of nitrogen functional groups attached to an aromatic ring is 1. The first-order valence-electron chi connectivity index (χ1n) is 6.97. The third-order valence-electron chi connectivity index (χ3n) is 4.44. The molecule has 21 heavy (non-hydrogen) atoms. The summed E-state index contributed by atoms with van der Waals surface area (Å²) in [6.45, 7) is 0.503. The minimum Gasteiger partial charge on any atom is -0.385 e. The largest absolute Gasteiger partial charge is 0.385 e. The molecule has 0 spiro atoms. The Morgan fingerprint density at radius 3 is 2.71 bits per heavy atom. The number of nitrogens with two attached hydrogens (primary N) is 1. The monoisotopic (exact) mass is 331 g/mol. The Balaban J connectivity index is 1.93. The van der Waals surface area contributed by atoms with Crippen molar-refractivity contribution in [2.45, 2.75) is 42.4 Å². The number of fused-ring (bicyclic) bond motifs is 1. The van der Waals surface area contributed by atoms with Crippen LogP contribution in [0.1, 0.15) is 32.1 Å². The first-order chi connectivity index (χ1) is 9.91. The molecule has 1 saturated carbocycles. The minimum absolute atomic E-state index is 0.0158. The second-order valence-electron chi connectivity index (χ2n) is 5.59. The number of nitro groups is 1. The molecule has 7 nitrogen and oxygen atoms in total. The fourth-order valence-corrected chi connectivity index (χ4v) is 6.49. The maximum Gasteiger partial charge on any atom is 0.304 e. The number of thiophene rings is 1. The zero-order chi connectivity index (χ0) is 15.2. The summed E-state index contributed by atoms with van der Waals surface area (Å²) in [4.78, 5) is 10.2. The van der Waals surface area contributed by atoms with Crippen LogP contribution in [-0.4, -0.2) is 30.2 Å². The molecule has 0 aromatic carbocycles. The van der Waals surface area contributed by atoms with E-state index in [4.69, 9.17) is 5.73 Å². The van der Waals surface area contributed by atoms with Crippen LogP contribution in [0.25, 0.3) is 0 Å². The second-order valence-corrected chi connectivity index (χ2v) is 8.79. The van der Waals surface area contributed by atoms with Gasteiger partial charge in [0.05, 0.1) is 4.92 Å². The summed E-state index contributed by atoms with van der Waals surface area (Å²) < 4.78 is 27.0. The van der Waals surface area contributed by atoms with E-state index in [1.54, 1.807) is 0 Å². The van der Waals surface area contributed by atoms with Crippen molar-refractivity contribution in [1.82, 2.24) is 4.31 Å². The van der Waals surface area contributed by atoms with Crippen LogP contribution >= 0.6 is 11.3 Å². The van der Waals surface area contributed by atoms with E-state index in [0.717, 1.165) is 49.5 Å². The summed E-state index contributed by atoms with van der Waals surface area (Å²) in [7, 11) is -3.68. The Morgan fingerprint density at radius 1 is 1.33 bits per heavy atom. The van der Waals surface area contributed by atoms with E-state index in [2.05, 4.69) is 0 Å². The number of anilines is 1. The second kappa shape index (κ2) is 5.22. The molecular formula is C12H17N3O4S2. The Labute approximate surface area is 126 Å². The Kier molecular flexibility index (Phi) is 3.66. The van der Waals surface area contributed by atoms with E-state index in [-0.39, 0.29) is 20.9 Å². The molecule has 2 heterocycles. The van der Waals surface area contributed by atoms with E-state index < -0.39 is 14.9 Å². The van der Waals surface area contributed by atoms with Gasteiger partial charge in [-0.1, -0.05) is 24.2 Å². The van der Waals surface area contributed by atoms with Crippen molar-refractivity contribution < 1.29 is 13.3 Å². The third-order valence-corrected chi connectivity index (χ3v) is 7.76. The summed E-state index contributed by atoms with van der Waals surface area (Å²) in [5, 5.41) is 10.8. The summed E-state index contributed by atoms with van der Waals surface area (Å²) in [5.41, 5.74) is 5.24. The topological polar surface area (TPSA) is 107 Å². The maximum absolute atomic E-state index is 12.7. The molecule has 2 N–H and O–H groups in total. The molecule has 3 rings (SSSR count). The molecule has 0 bridgehead atoms. The number of rotatable bonds is 3. The summed E-state index contributed by atoms with van der Waals surface area (Å²) in [5.74, 6) is 0.431. The van der Waals surface area contributed by atoms with Crippen molar-refractivity contribution in [2.24, 2.45) is 5.92 Å². The van der Waals surface area contributed by atoms with E-state index in [1.165, 1.54) is 4.31 Å². The molecule has 116 valence electrons. The van der Waals surface area contributed by atoms with Gasteiger partial charge in [-0.05, 0) is 25.2 Å². The standard InChI is InChI=1S/C12H17N3O4S2/c13-12-10(15(16)17)7-11(20-12)21(18,19)14-6-5-8-3-1-2-4-9(8)14/h7-9H,1-6,13H2. The lowest BCUT2D eigenvalue weighted by atomic mass is 9.86. The first kappa shape index (κ1) is 14.7. The molecule has 1 saturated heterocycles. The average Bonchev–Trinajstić information content (AvgIpc) is 3.02. The molecule has 0 amide bonds. The predicted molar refractivity (Wildman–Crippen MR) is 79.6 cm³/mol. The van der Waals surface area contributed by atoms with Crippen molar-refractivity contribution in [3.8, 4) is 0 Å². The normalized spacial score (nSPS) is 26.7. The Bertz CT molecular complexity index is 670. The van der Waals surface area contributed by atoms with Gasteiger partial charge in [0.15, 0.2) is 5.00 Å². The predicted octanol–water partition coefficient (Wildman–Crippen LogP) is 2.19. The summed E-state index contributed by atoms with van der Waals surface area (Å²) >= 11 is 0.782. The molecule has 9 heteroatoms. The van der Waals surface area contributed by atoms with Crippen LogP contribution < -0.4 is 5.73 Å². The van der Waals surface area contributed by atoms with Gasteiger partial charge in [0, 0.05) is 18.7 Å². The van der Waals surface area contributed by atoms with Gasteiger partial charge >= 0.3 is 5.69 Å². The Hall–Kier alpha value is -1.19. The van der Waals surface area contributed by atoms with Crippen molar-refractivity contribution in [1.29, 1.82) is 0 Å². The van der Waals surface area contributed by atoms with Gasteiger partial charge in [0.2, 0.25) is 0 Å². The van der Waals surface area contributed by atoms with Gasteiger partial charge in [-0.2, -0.15) is 4.31 Å². The Morgan fingerprint density at radius 2 is 2.05 bits per heavy atom.